The van der Waals surface area contributed by atoms with E-state index in [0.29, 0.717) is 18.8 Å². The molecule has 6 heteroatoms. The van der Waals surface area contributed by atoms with Crippen molar-refractivity contribution >= 4 is 5.90 Å². The summed E-state index contributed by atoms with van der Waals surface area (Å²) >= 11 is 0. The molecular formula is C17H14F3NO2. The summed E-state index contributed by atoms with van der Waals surface area (Å²) in [6.07, 6.45) is 0.525. The van der Waals surface area contributed by atoms with E-state index in [1.807, 2.05) is 0 Å². The van der Waals surface area contributed by atoms with Crippen molar-refractivity contribution in [3.63, 3.8) is 0 Å². The van der Waals surface area contributed by atoms with Gasteiger partial charge in [0.15, 0.2) is 0 Å². The van der Waals surface area contributed by atoms with E-state index in [2.05, 4.69) is 4.99 Å². The van der Waals surface area contributed by atoms with E-state index >= 15 is 0 Å². The van der Waals surface area contributed by atoms with E-state index in [9.17, 15) is 13.2 Å². The molecule has 0 radical (unpaired) electrons. The second-order valence-corrected chi connectivity index (χ2v) is 5.09. The average molecular weight is 321 g/mol. The van der Waals surface area contributed by atoms with Gasteiger partial charge in [0.2, 0.25) is 5.90 Å². The number of halogens is 3. The van der Waals surface area contributed by atoms with Gasteiger partial charge in [0.05, 0.1) is 12.6 Å². The fraction of sp³-hybridized carbons (Fsp3) is 0.235. The highest BCUT2D eigenvalue weighted by atomic mass is 19.1. The molecule has 0 aromatic heterocycles. The molecule has 2 aromatic carbocycles. The normalized spacial score (nSPS) is 16.8. The second-order valence-electron chi connectivity index (χ2n) is 5.09. The Morgan fingerprint density at radius 1 is 1.04 bits per heavy atom. The van der Waals surface area contributed by atoms with Crippen molar-refractivity contribution in [2.45, 2.75) is 12.5 Å². The maximum absolute atomic E-state index is 13.7. The van der Waals surface area contributed by atoms with Gasteiger partial charge in [-0.3, -0.25) is 0 Å². The van der Waals surface area contributed by atoms with E-state index in [1.165, 1.54) is 30.3 Å². The van der Waals surface area contributed by atoms with Gasteiger partial charge in [-0.1, -0.05) is 6.07 Å². The zero-order valence-corrected chi connectivity index (χ0v) is 12.1. The predicted molar refractivity (Wildman–Crippen MR) is 79.1 cm³/mol. The van der Waals surface area contributed by atoms with E-state index in [1.54, 1.807) is 0 Å². The molecule has 1 aliphatic rings. The van der Waals surface area contributed by atoms with Gasteiger partial charge >= 0.3 is 0 Å². The van der Waals surface area contributed by atoms with Crippen LogP contribution in [0.1, 0.15) is 12.0 Å². The topological polar surface area (TPSA) is 30.8 Å². The lowest BCUT2D eigenvalue weighted by molar-refractivity contribution is 0.264. The van der Waals surface area contributed by atoms with Gasteiger partial charge < -0.3 is 9.47 Å². The smallest absolute Gasteiger partial charge is 0.222 e. The molecule has 2 aromatic rings. The largest absolute Gasteiger partial charge is 0.494 e. The predicted octanol–water partition coefficient (Wildman–Crippen LogP) is 3.72. The van der Waals surface area contributed by atoms with E-state index in [-0.39, 0.29) is 29.9 Å². The highest BCUT2D eigenvalue weighted by Gasteiger charge is 2.24. The van der Waals surface area contributed by atoms with Crippen LogP contribution in [0, 0.1) is 17.5 Å². The maximum Gasteiger partial charge on any atom is 0.222 e. The molecule has 0 fully saturated rings. The summed E-state index contributed by atoms with van der Waals surface area (Å²) in [7, 11) is 0. The van der Waals surface area contributed by atoms with Crippen molar-refractivity contribution in [2.75, 3.05) is 13.2 Å². The number of aliphatic imine (C=N–C) groups is 1. The minimum Gasteiger partial charge on any atom is -0.494 e. The fourth-order valence-electron chi connectivity index (χ4n) is 2.25. The quantitative estimate of drug-likeness (QED) is 0.840. The molecule has 23 heavy (non-hydrogen) atoms. The highest BCUT2D eigenvalue weighted by molar-refractivity contribution is 5.95. The number of rotatable bonds is 5. The van der Waals surface area contributed by atoms with Gasteiger partial charge in [0, 0.05) is 6.42 Å². The first-order valence-corrected chi connectivity index (χ1v) is 7.17. The van der Waals surface area contributed by atoms with Crippen molar-refractivity contribution in [1.29, 1.82) is 0 Å². The number of hydrogen-bond acceptors (Lipinski definition) is 3. The van der Waals surface area contributed by atoms with Gasteiger partial charge in [0.1, 0.15) is 35.4 Å². The summed E-state index contributed by atoms with van der Waals surface area (Å²) in [6.45, 7) is 0.589. The number of hydrogen-bond donors (Lipinski definition) is 0. The lowest BCUT2D eigenvalue weighted by atomic mass is 10.2. The van der Waals surface area contributed by atoms with Crippen molar-refractivity contribution < 1.29 is 22.6 Å². The van der Waals surface area contributed by atoms with Gasteiger partial charge in [-0.2, -0.15) is 0 Å². The molecule has 0 saturated carbocycles. The lowest BCUT2D eigenvalue weighted by Gasteiger charge is -2.07. The van der Waals surface area contributed by atoms with E-state index < -0.39 is 11.6 Å². The van der Waals surface area contributed by atoms with Crippen LogP contribution >= 0.6 is 0 Å². The Hall–Kier alpha value is -2.50. The number of benzene rings is 2. The minimum absolute atomic E-state index is 0.0209. The van der Waals surface area contributed by atoms with Crippen molar-refractivity contribution in [1.82, 2.24) is 0 Å². The fourth-order valence-corrected chi connectivity index (χ4v) is 2.25. The van der Waals surface area contributed by atoms with Crippen LogP contribution in [0.25, 0.3) is 0 Å². The van der Waals surface area contributed by atoms with E-state index in [0.717, 1.165) is 12.1 Å². The number of nitrogens with zero attached hydrogens (tertiary/aromatic N) is 1. The summed E-state index contributed by atoms with van der Waals surface area (Å²) in [5.74, 6) is -1.20. The van der Waals surface area contributed by atoms with Crippen LogP contribution in [0.15, 0.2) is 47.5 Å². The standard InChI is InChI=1S/C17H14F3NO2/c18-11-4-6-13(7-5-11)22-9-8-12-10-23-17(21-12)16-14(19)2-1-3-15(16)20/h1-7,12H,8-10H2. The van der Waals surface area contributed by atoms with Crippen LogP contribution in [0.3, 0.4) is 0 Å². The Balaban J connectivity index is 1.58. The third kappa shape index (κ3) is 3.64. The Labute approximate surface area is 131 Å². The van der Waals surface area contributed by atoms with Crippen LogP contribution in [0.2, 0.25) is 0 Å². The molecule has 3 nitrogen and oxygen atoms in total. The van der Waals surface area contributed by atoms with E-state index in [4.69, 9.17) is 9.47 Å². The van der Waals surface area contributed by atoms with Gasteiger partial charge in [-0.25, -0.2) is 18.2 Å². The average Bonchev–Trinajstić information content (AvgIpc) is 2.98. The third-order valence-corrected chi connectivity index (χ3v) is 3.42. The van der Waals surface area contributed by atoms with Crippen LogP contribution in [-0.4, -0.2) is 25.2 Å². The molecule has 120 valence electrons. The Bertz CT molecular complexity index is 696. The minimum atomic E-state index is -0.702. The molecule has 0 aliphatic carbocycles. The molecule has 1 unspecified atom stereocenters. The monoisotopic (exact) mass is 321 g/mol. The Morgan fingerprint density at radius 3 is 2.43 bits per heavy atom. The molecule has 1 heterocycles. The van der Waals surface area contributed by atoms with Crippen LogP contribution in [-0.2, 0) is 4.74 Å². The second kappa shape index (κ2) is 6.73. The molecular weight excluding hydrogens is 307 g/mol. The maximum atomic E-state index is 13.7. The van der Waals surface area contributed by atoms with Crippen LogP contribution < -0.4 is 4.74 Å². The van der Waals surface area contributed by atoms with Crippen LogP contribution in [0.5, 0.6) is 5.75 Å². The van der Waals surface area contributed by atoms with Gasteiger partial charge in [-0.15, -0.1) is 0 Å². The Kier molecular flexibility index (Phi) is 4.50. The molecule has 0 bridgehead atoms. The van der Waals surface area contributed by atoms with Crippen molar-refractivity contribution in [2.24, 2.45) is 4.99 Å². The van der Waals surface area contributed by atoms with Crippen molar-refractivity contribution in [3.05, 3.63) is 65.5 Å². The third-order valence-electron chi connectivity index (χ3n) is 3.42. The first-order chi connectivity index (χ1) is 11.1. The van der Waals surface area contributed by atoms with Crippen LogP contribution in [0.4, 0.5) is 13.2 Å². The molecule has 3 rings (SSSR count). The highest BCUT2D eigenvalue weighted by Crippen LogP contribution is 2.20. The van der Waals surface area contributed by atoms with Gasteiger partial charge in [-0.05, 0) is 36.4 Å². The zero-order chi connectivity index (χ0) is 16.2. The lowest BCUT2D eigenvalue weighted by Crippen LogP contribution is -2.11. The summed E-state index contributed by atoms with van der Waals surface area (Å²) in [5, 5.41) is 0. The molecule has 0 saturated heterocycles. The molecule has 0 spiro atoms. The molecule has 0 amide bonds. The first kappa shape index (κ1) is 15.4. The Morgan fingerprint density at radius 2 is 1.74 bits per heavy atom. The van der Waals surface area contributed by atoms with Gasteiger partial charge in [0.25, 0.3) is 0 Å². The molecule has 1 atom stereocenters. The summed E-state index contributed by atoms with van der Waals surface area (Å²) in [4.78, 5) is 4.20. The SMILES string of the molecule is Fc1ccc(OCCC2COC(c3c(F)cccc3F)=N2)cc1. The first-order valence-electron chi connectivity index (χ1n) is 7.17. The van der Waals surface area contributed by atoms with Crippen molar-refractivity contribution in [3.8, 4) is 5.75 Å². The number of ether oxygens (including phenoxy) is 2. The molecule has 0 N–H and O–H groups in total. The summed E-state index contributed by atoms with van der Waals surface area (Å²) < 4.78 is 50.9. The molecule has 1 aliphatic heterocycles. The summed E-state index contributed by atoms with van der Waals surface area (Å²) in [5.41, 5.74) is -0.241. The summed E-state index contributed by atoms with van der Waals surface area (Å²) in [6, 6.07) is 9.07. The zero-order valence-electron chi connectivity index (χ0n) is 12.1.